The normalized spacial score (nSPS) is 20.4. The van der Waals surface area contributed by atoms with Gasteiger partial charge >= 0.3 is 11.7 Å². The molecule has 2 rings (SSSR count). The van der Waals surface area contributed by atoms with Crippen LogP contribution in [0, 0.1) is 27.3 Å². The number of ether oxygens (including phenoxy) is 1. The summed E-state index contributed by atoms with van der Waals surface area (Å²) in [5.41, 5.74) is -0.271. The van der Waals surface area contributed by atoms with Crippen molar-refractivity contribution in [1.29, 1.82) is 5.39 Å². The molecule has 1 aliphatic heterocycles. The third kappa shape index (κ3) is 4.20. The average Bonchev–Trinajstić information content (AvgIpc) is 2.64. The number of aliphatic hydroxyl groups excluding tert-OH is 1. The van der Waals surface area contributed by atoms with Crippen LogP contribution in [0.5, 0.6) is 0 Å². The van der Waals surface area contributed by atoms with E-state index < -0.39 is 28.3 Å². The van der Waals surface area contributed by atoms with Gasteiger partial charge in [0.05, 0.1) is 16.9 Å². The van der Waals surface area contributed by atoms with E-state index in [2.05, 4.69) is 10.3 Å². The van der Waals surface area contributed by atoms with E-state index in [-0.39, 0.29) is 30.2 Å². The van der Waals surface area contributed by atoms with Gasteiger partial charge in [-0.25, -0.2) is 4.79 Å². The van der Waals surface area contributed by atoms with Crippen LogP contribution in [0.2, 0.25) is 0 Å². The first-order chi connectivity index (χ1) is 12.8. The Balaban J connectivity index is 2.05. The summed E-state index contributed by atoms with van der Waals surface area (Å²) in [6, 6.07) is 4.99. The van der Waals surface area contributed by atoms with Crippen LogP contribution in [0.15, 0.2) is 35.7 Å². The fourth-order valence-corrected chi connectivity index (χ4v) is 2.87. The van der Waals surface area contributed by atoms with E-state index in [1.54, 1.807) is 6.92 Å². The summed E-state index contributed by atoms with van der Waals surface area (Å²) >= 11 is 0. The van der Waals surface area contributed by atoms with Gasteiger partial charge in [-0.1, -0.05) is 13.8 Å². The summed E-state index contributed by atoms with van der Waals surface area (Å²) in [6.45, 7) is 3.20. The molecule has 1 aliphatic rings. The van der Waals surface area contributed by atoms with Crippen LogP contribution in [0.3, 0.4) is 0 Å². The van der Waals surface area contributed by atoms with Crippen molar-refractivity contribution in [3.63, 3.8) is 0 Å². The fourth-order valence-electron chi connectivity index (χ4n) is 2.87. The summed E-state index contributed by atoms with van der Waals surface area (Å²) < 4.78 is 4.99. The van der Waals surface area contributed by atoms with Gasteiger partial charge in [0.15, 0.2) is 4.98 Å². The highest BCUT2D eigenvalue weighted by Crippen LogP contribution is 2.30. The number of carbonyl (C=O) groups is 2. The summed E-state index contributed by atoms with van der Waals surface area (Å²) in [4.78, 5) is 36.5. The second-order valence-corrected chi connectivity index (χ2v) is 6.17. The van der Waals surface area contributed by atoms with Crippen LogP contribution >= 0.6 is 0 Å². The maximum absolute atomic E-state index is 12.1. The molecule has 0 saturated carbocycles. The Morgan fingerprint density at radius 3 is 2.56 bits per heavy atom. The van der Waals surface area contributed by atoms with Crippen molar-refractivity contribution in [1.82, 2.24) is 5.32 Å². The number of diazo groups is 1. The zero-order chi connectivity index (χ0) is 20.1. The third-order valence-electron chi connectivity index (χ3n) is 4.54. The number of carbonyl (C=O) groups excluding carboxylic acids is 2. The highest BCUT2D eigenvalue weighted by molar-refractivity contribution is 5.91. The van der Waals surface area contributed by atoms with Crippen molar-refractivity contribution in [2.75, 3.05) is 0 Å². The second-order valence-electron chi connectivity index (χ2n) is 6.17. The van der Waals surface area contributed by atoms with E-state index in [4.69, 9.17) is 10.1 Å². The number of rotatable bonds is 7. The maximum Gasteiger partial charge on any atom is 0.505 e. The number of benzene rings is 1. The molecule has 0 bridgehead atoms. The van der Waals surface area contributed by atoms with Gasteiger partial charge < -0.3 is 15.2 Å². The van der Waals surface area contributed by atoms with Crippen molar-refractivity contribution in [2.24, 2.45) is 11.8 Å². The quantitative estimate of drug-likeness (QED) is 0.141. The molecule has 0 aromatic heterocycles. The summed E-state index contributed by atoms with van der Waals surface area (Å²) in [7, 11) is 0. The number of non-ortho nitro benzene ring substituents is 1. The molecule has 1 heterocycles. The van der Waals surface area contributed by atoms with E-state index in [0.717, 1.165) is 0 Å². The van der Waals surface area contributed by atoms with E-state index in [9.17, 15) is 24.8 Å². The molecule has 10 nitrogen and oxygen atoms in total. The average molecular weight is 375 g/mol. The molecule has 3 atom stereocenters. The van der Waals surface area contributed by atoms with Gasteiger partial charge in [-0.05, 0) is 24.1 Å². The first-order valence-corrected chi connectivity index (χ1v) is 8.29. The van der Waals surface area contributed by atoms with E-state index >= 15 is 0 Å². The summed E-state index contributed by atoms with van der Waals surface area (Å²) in [5.74, 6) is -2.62. The lowest BCUT2D eigenvalue weighted by Crippen LogP contribution is -2.61. The zero-order valence-electron chi connectivity index (χ0n) is 14.8. The molecule has 1 aromatic rings. The number of nitrogens with zero attached hydrogens (tertiary/aromatic N) is 3. The Labute approximate surface area is 154 Å². The number of aliphatic hydroxyl groups is 1. The molecular weight excluding hydrogens is 356 g/mol. The Morgan fingerprint density at radius 1 is 1.44 bits per heavy atom. The van der Waals surface area contributed by atoms with Crippen LogP contribution in [0.1, 0.15) is 25.8 Å². The van der Waals surface area contributed by atoms with Crippen molar-refractivity contribution < 1.29 is 24.4 Å². The van der Waals surface area contributed by atoms with E-state index in [1.165, 1.54) is 24.3 Å². The minimum Gasteiger partial charge on any atom is -0.504 e. The highest BCUT2D eigenvalue weighted by atomic mass is 16.6. The molecule has 27 heavy (non-hydrogen) atoms. The van der Waals surface area contributed by atoms with Crippen LogP contribution < -0.4 is 5.32 Å². The van der Waals surface area contributed by atoms with Gasteiger partial charge in [0, 0.05) is 18.1 Å². The van der Waals surface area contributed by atoms with Gasteiger partial charge in [-0.2, -0.15) is 0 Å². The Kier molecular flexibility index (Phi) is 6.07. The van der Waals surface area contributed by atoms with Crippen molar-refractivity contribution in [2.45, 2.75) is 32.9 Å². The van der Waals surface area contributed by atoms with Crippen LogP contribution in [0.25, 0.3) is 4.98 Å². The molecule has 2 N–H and O–H groups in total. The molecule has 0 spiro atoms. The van der Waals surface area contributed by atoms with Crippen molar-refractivity contribution >= 4 is 17.6 Å². The Morgan fingerprint density at radius 2 is 2.07 bits per heavy atom. The summed E-state index contributed by atoms with van der Waals surface area (Å²) in [5, 5.41) is 32.6. The molecule has 0 unspecified atom stereocenters. The fraction of sp³-hybridized carbons (Fsp3) is 0.412. The first-order valence-electron chi connectivity index (χ1n) is 8.29. The summed E-state index contributed by atoms with van der Waals surface area (Å²) in [6.07, 6.45) is 0.574. The monoisotopic (exact) mass is 375 g/mol. The number of hydrogen-bond acceptors (Lipinski definition) is 7. The number of amides is 1. The standard InChI is InChI=1S/C17H18N4O6/c1-3-12-13(19-16(12)23)9(2)15(22)14(20-18)17(24)27-8-10-4-6-11(7-5-10)21(25)26/h4-7,9,12-13H,3,8H2,1-2H3,(H-,19,22,23,24)/p+1/t9-,12-,13-/m1/s1. The number of β-lactam (4-membered cyclic amide) rings is 1. The first kappa shape index (κ1) is 19.8. The smallest absolute Gasteiger partial charge is 0.504 e. The zero-order valence-corrected chi connectivity index (χ0v) is 14.8. The van der Waals surface area contributed by atoms with Crippen LogP contribution in [-0.4, -0.2) is 27.9 Å². The predicted octanol–water partition coefficient (Wildman–Crippen LogP) is 2.42. The van der Waals surface area contributed by atoms with Crippen molar-refractivity contribution in [3.8, 4) is 0 Å². The molecule has 1 saturated heterocycles. The van der Waals surface area contributed by atoms with E-state index in [0.29, 0.717) is 12.0 Å². The minimum absolute atomic E-state index is 0.101. The van der Waals surface area contributed by atoms with Gasteiger partial charge in [0.1, 0.15) is 6.61 Å². The molecular formula is C17H19N4O6+. The number of nitro benzene ring substituents is 1. The van der Waals surface area contributed by atoms with Crippen LogP contribution in [0.4, 0.5) is 5.69 Å². The lowest BCUT2D eigenvalue weighted by Gasteiger charge is -2.39. The third-order valence-corrected chi connectivity index (χ3v) is 4.54. The lowest BCUT2D eigenvalue weighted by atomic mass is 9.79. The number of nitro groups is 1. The van der Waals surface area contributed by atoms with Crippen molar-refractivity contribution in [3.05, 3.63) is 56.4 Å². The number of nitrogens with one attached hydrogen (secondary N) is 1. The SMILES string of the molecule is CC[C@H]1C(=O)N[C@@H]1[C@@H](C)/C(O)=C(\[N+]#N)C(=O)OCc1ccc([N+](=O)[O-])cc1. The predicted molar refractivity (Wildman–Crippen MR) is 92.5 cm³/mol. The topological polar surface area (TPSA) is 147 Å². The molecule has 1 aromatic carbocycles. The Bertz CT molecular complexity index is 827. The van der Waals surface area contributed by atoms with Gasteiger partial charge in [-0.3, -0.25) is 14.9 Å². The van der Waals surface area contributed by atoms with Gasteiger partial charge in [0.2, 0.25) is 17.1 Å². The van der Waals surface area contributed by atoms with E-state index in [1.807, 2.05) is 6.92 Å². The second kappa shape index (κ2) is 8.27. The maximum atomic E-state index is 12.1. The largest absolute Gasteiger partial charge is 0.505 e. The van der Waals surface area contributed by atoms with Crippen LogP contribution in [-0.2, 0) is 20.9 Å². The van der Waals surface area contributed by atoms with Gasteiger partial charge in [0.25, 0.3) is 5.69 Å². The highest BCUT2D eigenvalue weighted by Gasteiger charge is 2.45. The number of hydrogen-bond donors (Lipinski definition) is 2. The lowest BCUT2D eigenvalue weighted by molar-refractivity contribution is -0.384. The molecule has 10 heteroatoms. The molecule has 0 aliphatic carbocycles. The van der Waals surface area contributed by atoms with Gasteiger partial charge in [-0.15, -0.1) is 0 Å². The minimum atomic E-state index is -1.06. The Hall–Kier alpha value is -3.48. The molecule has 142 valence electrons. The molecule has 0 radical (unpaired) electrons. The number of esters is 1. The molecule has 1 fully saturated rings. The molecule has 1 amide bonds.